The van der Waals surface area contributed by atoms with E-state index in [1.165, 1.54) is 13.1 Å². The minimum Gasteiger partial charge on any atom is -0.477 e. The second-order valence-electron chi connectivity index (χ2n) is 7.38. The molecule has 1 aromatic heterocycles. The van der Waals surface area contributed by atoms with Gasteiger partial charge in [0.05, 0.1) is 6.61 Å². The van der Waals surface area contributed by atoms with Crippen LogP contribution in [0.5, 0.6) is 5.88 Å². The van der Waals surface area contributed by atoms with Gasteiger partial charge in [-0.25, -0.2) is 4.98 Å². The first-order valence-corrected chi connectivity index (χ1v) is 10.0. The molecule has 10 heteroatoms. The summed E-state index contributed by atoms with van der Waals surface area (Å²) in [5, 5.41) is 14.4. The molecule has 0 radical (unpaired) electrons. The molecule has 1 heterocycles. The Morgan fingerprint density at radius 2 is 1.90 bits per heavy atom. The van der Waals surface area contributed by atoms with Crippen LogP contribution in [0.3, 0.4) is 0 Å². The SMILES string of the molecule is CCC(CC)(NC(=O)c1ccc(C2CC2)c(OCC[C@@H](O)C(F)(F)F)n1)C(=O)NC. The molecule has 3 N–H and O–H groups in total. The molecule has 1 aromatic rings. The Balaban J connectivity index is 2.18. The smallest absolute Gasteiger partial charge is 0.414 e. The van der Waals surface area contributed by atoms with Crippen LogP contribution in [0, 0.1) is 0 Å². The number of aliphatic hydroxyl groups excluding tert-OH is 1. The molecule has 2 amide bonds. The molecule has 0 bridgehead atoms. The van der Waals surface area contributed by atoms with E-state index in [1.807, 2.05) is 0 Å². The van der Waals surface area contributed by atoms with Gasteiger partial charge in [0, 0.05) is 19.0 Å². The summed E-state index contributed by atoms with van der Waals surface area (Å²) in [5.74, 6) is -0.635. The summed E-state index contributed by atoms with van der Waals surface area (Å²) in [4.78, 5) is 29.2. The Labute approximate surface area is 173 Å². The summed E-state index contributed by atoms with van der Waals surface area (Å²) in [6.45, 7) is 3.16. The molecule has 0 saturated heterocycles. The van der Waals surface area contributed by atoms with Crippen molar-refractivity contribution < 1.29 is 32.6 Å². The van der Waals surface area contributed by atoms with Gasteiger partial charge in [-0.2, -0.15) is 13.2 Å². The van der Waals surface area contributed by atoms with Crippen LogP contribution >= 0.6 is 0 Å². The number of rotatable bonds is 10. The van der Waals surface area contributed by atoms with E-state index >= 15 is 0 Å². The van der Waals surface area contributed by atoms with Crippen LogP contribution in [0.1, 0.15) is 67.9 Å². The monoisotopic (exact) mass is 431 g/mol. The van der Waals surface area contributed by atoms with Gasteiger partial charge < -0.3 is 20.5 Å². The third kappa shape index (κ3) is 5.62. The Hall–Kier alpha value is -2.36. The van der Waals surface area contributed by atoms with E-state index < -0.39 is 36.8 Å². The van der Waals surface area contributed by atoms with Gasteiger partial charge in [-0.1, -0.05) is 19.9 Å². The zero-order valence-corrected chi connectivity index (χ0v) is 17.3. The fraction of sp³-hybridized carbons (Fsp3) is 0.650. The topological polar surface area (TPSA) is 101 Å². The predicted molar refractivity (Wildman–Crippen MR) is 103 cm³/mol. The first-order chi connectivity index (χ1) is 14.1. The standard InChI is InChI=1S/C20H28F3N3O4/c1-4-19(5-2,18(29)24-3)26-16(28)14-9-8-13(12-6-7-12)17(25-14)30-11-10-15(27)20(21,22)23/h8-9,12,15,27H,4-7,10-11H2,1-3H3,(H,24,29)(H,26,28)/t15-/m1/s1. The largest absolute Gasteiger partial charge is 0.477 e. The Morgan fingerprint density at radius 3 is 2.40 bits per heavy atom. The van der Waals surface area contributed by atoms with Crippen molar-refractivity contribution in [3.63, 3.8) is 0 Å². The Bertz CT molecular complexity index is 762. The maximum Gasteiger partial charge on any atom is 0.414 e. The highest BCUT2D eigenvalue weighted by Gasteiger charge is 2.38. The van der Waals surface area contributed by atoms with Crippen LogP contribution in [-0.2, 0) is 4.79 Å². The lowest BCUT2D eigenvalue weighted by molar-refractivity contribution is -0.206. The lowest BCUT2D eigenvalue weighted by Gasteiger charge is -2.30. The van der Waals surface area contributed by atoms with E-state index in [2.05, 4.69) is 15.6 Å². The first kappa shape index (κ1) is 23.9. The number of aromatic nitrogens is 1. The number of carbonyl (C=O) groups is 2. The van der Waals surface area contributed by atoms with E-state index in [9.17, 15) is 22.8 Å². The molecule has 1 atom stereocenters. The molecule has 0 aromatic carbocycles. The van der Waals surface area contributed by atoms with Crippen molar-refractivity contribution >= 4 is 11.8 Å². The summed E-state index contributed by atoms with van der Waals surface area (Å²) >= 11 is 0. The number of hydrogen-bond donors (Lipinski definition) is 3. The van der Waals surface area contributed by atoms with E-state index in [4.69, 9.17) is 9.84 Å². The third-order valence-corrected chi connectivity index (χ3v) is 5.37. The lowest BCUT2D eigenvalue weighted by atomic mass is 9.91. The molecule has 168 valence electrons. The zero-order valence-electron chi connectivity index (χ0n) is 17.3. The van der Waals surface area contributed by atoms with Crippen LogP contribution in [0.4, 0.5) is 13.2 Å². The number of alkyl halides is 3. The van der Waals surface area contributed by atoms with E-state index in [-0.39, 0.29) is 23.4 Å². The van der Waals surface area contributed by atoms with Gasteiger partial charge in [-0.15, -0.1) is 0 Å². The van der Waals surface area contributed by atoms with Crippen molar-refractivity contribution in [1.29, 1.82) is 0 Å². The second-order valence-corrected chi connectivity index (χ2v) is 7.38. The van der Waals surface area contributed by atoms with Gasteiger partial charge in [0.15, 0.2) is 6.10 Å². The van der Waals surface area contributed by atoms with Crippen LogP contribution in [0.25, 0.3) is 0 Å². The molecule has 1 saturated carbocycles. The summed E-state index contributed by atoms with van der Waals surface area (Å²) in [6.07, 6.45) is -5.31. The number of pyridine rings is 1. The van der Waals surface area contributed by atoms with Gasteiger partial charge in [-0.05, 0) is 37.7 Å². The summed E-state index contributed by atoms with van der Waals surface area (Å²) in [7, 11) is 1.48. The van der Waals surface area contributed by atoms with Gasteiger partial charge in [0.1, 0.15) is 11.2 Å². The zero-order chi connectivity index (χ0) is 22.5. The first-order valence-electron chi connectivity index (χ1n) is 10.0. The number of likely N-dealkylation sites (N-methyl/N-ethyl adjacent to an activating group) is 1. The number of nitrogens with one attached hydrogen (secondary N) is 2. The fourth-order valence-electron chi connectivity index (χ4n) is 3.15. The van der Waals surface area contributed by atoms with Crippen molar-refractivity contribution in [2.45, 2.75) is 69.7 Å². The summed E-state index contributed by atoms with van der Waals surface area (Å²) < 4.78 is 42.8. The van der Waals surface area contributed by atoms with Gasteiger partial charge >= 0.3 is 6.18 Å². The van der Waals surface area contributed by atoms with Crippen molar-refractivity contribution in [1.82, 2.24) is 15.6 Å². The van der Waals surface area contributed by atoms with Crippen LogP contribution in [-0.4, -0.2) is 53.4 Å². The highest BCUT2D eigenvalue weighted by atomic mass is 19.4. The highest BCUT2D eigenvalue weighted by Crippen LogP contribution is 2.43. The van der Waals surface area contributed by atoms with Crippen LogP contribution in [0.2, 0.25) is 0 Å². The molecule has 1 fully saturated rings. The van der Waals surface area contributed by atoms with Gasteiger partial charge in [0.25, 0.3) is 5.91 Å². The number of hydrogen-bond acceptors (Lipinski definition) is 5. The molecule has 30 heavy (non-hydrogen) atoms. The minimum atomic E-state index is -4.72. The van der Waals surface area contributed by atoms with E-state index in [1.54, 1.807) is 19.9 Å². The minimum absolute atomic E-state index is 0.000878. The number of halogens is 3. The molecule has 2 rings (SSSR count). The predicted octanol–water partition coefficient (Wildman–Crippen LogP) is 2.69. The lowest BCUT2D eigenvalue weighted by Crippen LogP contribution is -2.57. The average molecular weight is 431 g/mol. The van der Waals surface area contributed by atoms with Crippen LogP contribution in [0.15, 0.2) is 12.1 Å². The molecule has 0 aliphatic heterocycles. The van der Waals surface area contributed by atoms with Crippen LogP contribution < -0.4 is 15.4 Å². The number of carbonyl (C=O) groups excluding carboxylic acids is 2. The van der Waals surface area contributed by atoms with Crippen molar-refractivity contribution in [2.24, 2.45) is 0 Å². The van der Waals surface area contributed by atoms with E-state index in [0.29, 0.717) is 12.8 Å². The molecule has 0 spiro atoms. The number of aliphatic hydroxyl groups is 1. The molecule has 1 aliphatic rings. The highest BCUT2D eigenvalue weighted by molar-refractivity contribution is 5.98. The molecular formula is C20H28F3N3O4. The summed E-state index contributed by atoms with van der Waals surface area (Å²) in [6, 6.07) is 3.19. The maximum atomic E-state index is 12.8. The molecule has 0 unspecified atom stereocenters. The van der Waals surface area contributed by atoms with Gasteiger partial charge in [-0.3, -0.25) is 9.59 Å². The number of ether oxygens (including phenoxy) is 1. The van der Waals surface area contributed by atoms with Gasteiger partial charge in [0.2, 0.25) is 11.8 Å². The van der Waals surface area contributed by atoms with Crippen molar-refractivity contribution in [3.05, 3.63) is 23.4 Å². The fourth-order valence-corrected chi connectivity index (χ4v) is 3.15. The quantitative estimate of drug-likeness (QED) is 0.529. The maximum absolute atomic E-state index is 12.8. The number of nitrogens with zero attached hydrogens (tertiary/aromatic N) is 1. The number of amides is 2. The molecular weight excluding hydrogens is 403 g/mol. The second kappa shape index (κ2) is 9.63. The Kier molecular flexibility index (Phi) is 7.68. The third-order valence-electron chi connectivity index (χ3n) is 5.37. The Morgan fingerprint density at radius 1 is 1.27 bits per heavy atom. The summed E-state index contributed by atoms with van der Waals surface area (Å²) in [5.41, 5.74) is -0.377. The van der Waals surface area contributed by atoms with Crippen molar-refractivity contribution in [3.8, 4) is 5.88 Å². The van der Waals surface area contributed by atoms with Crippen molar-refractivity contribution in [2.75, 3.05) is 13.7 Å². The molecule has 1 aliphatic carbocycles. The normalized spacial score (nSPS) is 15.4. The average Bonchev–Trinajstić information content (AvgIpc) is 3.55. The molecule has 7 nitrogen and oxygen atoms in total. The van der Waals surface area contributed by atoms with E-state index in [0.717, 1.165) is 18.4 Å².